The van der Waals surface area contributed by atoms with Gasteiger partial charge in [-0.3, -0.25) is 0 Å². The first-order valence-electron chi connectivity index (χ1n) is 5.18. The Hall–Kier alpha value is -0.860. The van der Waals surface area contributed by atoms with Crippen molar-refractivity contribution in [2.24, 2.45) is 5.73 Å². The van der Waals surface area contributed by atoms with Crippen LogP contribution in [0.15, 0.2) is 30.3 Å². The van der Waals surface area contributed by atoms with Gasteiger partial charge in [-0.05, 0) is 31.9 Å². The van der Waals surface area contributed by atoms with Gasteiger partial charge in [0.1, 0.15) is 0 Å². The van der Waals surface area contributed by atoms with E-state index in [2.05, 4.69) is 19.1 Å². The fourth-order valence-electron chi connectivity index (χ4n) is 1.30. The molecule has 0 spiro atoms. The molecule has 0 fully saturated rings. The third-order valence-electron chi connectivity index (χ3n) is 2.19. The van der Waals surface area contributed by atoms with Gasteiger partial charge < -0.3 is 10.5 Å². The van der Waals surface area contributed by atoms with Gasteiger partial charge in [-0.1, -0.05) is 30.3 Å². The highest BCUT2D eigenvalue weighted by atomic mass is 16.5. The molecule has 78 valence electrons. The van der Waals surface area contributed by atoms with Crippen molar-refractivity contribution in [2.75, 3.05) is 6.54 Å². The second-order valence-electron chi connectivity index (χ2n) is 3.54. The third-order valence-corrected chi connectivity index (χ3v) is 2.19. The molecule has 0 aromatic heterocycles. The normalized spacial score (nSPS) is 12.7. The van der Waals surface area contributed by atoms with Crippen molar-refractivity contribution in [3.63, 3.8) is 0 Å². The minimum Gasteiger partial charge on any atom is -0.374 e. The van der Waals surface area contributed by atoms with Crippen LogP contribution < -0.4 is 5.73 Å². The topological polar surface area (TPSA) is 35.2 Å². The van der Waals surface area contributed by atoms with Crippen LogP contribution in [0.4, 0.5) is 0 Å². The Morgan fingerprint density at radius 2 is 2.00 bits per heavy atom. The summed E-state index contributed by atoms with van der Waals surface area (Å²) in [6.07, 6.45) is 2.39. The molecule has 1 aromatic carbocycles. The lowest BCUT2D eigenvalue weighted by Crippen LogP contribution is -2.10. The van der Waals surface area contributed by atoms with Gasteiger partial charge in [0, 0.05) is 0 Å². The van der Waals surface area contributed by atoms with Crippen LogP contribution in [0.2, 0.25) is 0 Å². The molecule has 2 heteroatoms. The zero-order chi connectivity index (χ0) is 10.2. The Kier molecular flexibility index (Phi) is 5.27. The molecule has 0 aliphatic carbocycles. The predicted octanol–water partition coefficient (Wildman–Crippen LogP) is 2.33. The molecular formula is C12H19NO. The number of benzene rings is 1. The summed E-state index contributed by atoms with van der Waals surface area (Å²) < 4.78 is 5.67. The van der Waals surface area contributed by atoms with Gasteiger partial charge in [-0.2, -0.15) is 0 Å². The first-order chi connectivity index (χ1) is 6.83. The third kappa shape index (κ3) is 4.40. The van der Waals surface area contributed by atoms with Crippen molar-refractivity contribution in [1.82, 2.24) is 0 Å². The molecule has 2 N–H and O–H groups in total. The second kappa shape index (κ2) is 6.57. The van der Waals surface area contributed by atoms with E-state index >= 15 is 0 Å². The number of hydrogen-bond donors (Lipinski definition) is 1. The van der Waals surface area contributed by atoms with E-state index in [1.54, 1.807) is 0 Å². The second-order valence-corrected chi connectivity index (χ2v) is 3.54. The van der Waals surface area contributed by atoms with Crippen molar-refractivity contribution in [3.05, 3.63) is 35.9 Å². The molecule has 1 aromatic rings. The molecule has 0 saturated heterocycles. The summed E-state index contributed by atoms with van der Waals surface area (Å²) in [5, 5.41) is 0. The van der Waals surface area contributed by atoms with Crippen LogP contribution in [0, 0.1) is 0 Å². The quantitative estimate of drug-likeness (QED) is 0.752. The monoisotopic (exact) mass is 193 g/mol. The summed E-state index contributed by atoms with van der Waals surface area (Å²) in [7, 11) is 0. The summed E-state index contributed by atoms with van der Waals surface area (Å²) in [5.74, 6) is 0. The number of ether oxygens (including phenoxy) is 1. The summed E-state index contributed by atoms with van der Waals surface area (Å²) >= 11 is 0. The van der Waals surface area contributed by atoms with Gasteiger partial charge in [0.25, 0.3) is 0 Å². The lowest BCUT2D eigenvalue weighted by molar-refractivity contribution is 0.0467. The molecule has 0 amide bonds. The summed E-state index contributed by atoms with van der Waals surface area (Å²) in [6.45, 7) is 3.55. The van der Waals surface area contributed by atoms with E-state index in [1.807, 2.05) is 18.2 Å². The maximum atomic E-state index is 5.67. The summed E-state index contributed by atoms with van der Waals surface area (Å²) in [6, 6.07) is 10.2. The summed E-state index contributed by atoms with van der Waals surface area (Å²) in [4.78, 5) is 0. The van der Waals surface area contributed by atoms with Crippen LogP contribution in [0.5, 0.6) is 0 Å². The Balaban J connectivity index is 2.20. The molecule has 2 nitrogen and oxygen atoms in total. The molecule has 0 bridgehead atoms. The Morgan fingerprint density at radius 1 is 1.29 bits per heavy atom. The van der Waals surface area contributed by atoms with Crippen molar-refractivity contribution in [2.45, 2.75) is 32.5 Å². The van der Waals surface area contributed by atoms with Crippen molar-refractivity contribution >= 4 is 0 Å². The van der Waals surface area contributed by atoms with E-state index in [0.29, 0.717) is 12.7 Å². The van der Waals surface area contributed by atoms with Crippen LogP contribution in [-0.4, -0.2) is 12.6 Å². The highest BCUT2D eigenvalue weighted by Crippen LogP contribution is 2.06. The highest BCUT2D eigenvalue weighted by Gasteiger charge is 2.01. The zero-order valence-corrected chi connectivity index (χ0v) is 8.78. The molecule has 0 radical (unpaired) electrons. The molecule has 1 rings (SSSR count). The smallest absolute Gasteiger partial charge is 0.0720 e. The maximum Gasteiger partial charge on any atom is 0.0720 e. The molecular weight excluding hydrogens is 174 g/mol. The zero-order valence-electron chi connectivity index (χ0n) is 8.78. The SMILES string of the molecule is CC(CCCN)OCc1ccccc1. The van der Waals surface area contributed by atoms with E-state index in [4.69, 9.17) is 10.5 Å². The minimum absolute atomic E-state index is 0.304. The molecule has 1 atom stereocenters. The number of nitrogens with two attached hydrogens (primary N) is 1. The first kappa shape index (κ1) is 11.2. The Bertz CT molecular complexity index is 235. The maximum absolute atomic E-state index is 5.67. The van der Waals surface area contributed by atoms with Gasteiger partial charge in [0.05, 0.1) is 12.7 Å². The van der Waals surface area contributed by atoms with Crippen LogP contribution >= 0.6 is 0 Å². The van der Waals surface area contributed by atoms with E-state index < -0.39 is 0 Å². The lowest BCUT2D eigenvalue weighted by Gasteiger charge is -2.12. The molecule has 0 heterocycles. The Labute approximate surface area is 86.1 Å². The van der Waals surface area contributed by atoms with Crippen LogP contribution in [0.1, 0.15) is 25.3 Å². The average molecular weight is 193 g/mol. The fourth-order valence-corrected chi connectivity index (χ4v) is 1.30. The predicted molar refractivity (Wildman–Crippen MR) is 59.0 cm³/mol. The fraction of sp³-hybridized carbons (Fsp3) is 0.500. The largest absolute Gasteiger partial charge is 0.374 e. The van der Waals surface area contributed by atoms with Gasteiger partial charge in [0.15, 0.2) is 0 Å². The van der Waals surface area contributed by atoms with Gasteiger partial charge >= 0.3 is 0 Å². The Morgan fingerprint density at radius 3 is 2.64 bits per heavy atom. The van der Waals surface area contributed by atoms with E-state index in [0.717, 1.165) is 19.4 Å². The number of rotatable bonds is 6. The highest BCUT2D eigenvalue weighted by molar-refractivity contribution is 5.13. The molecule has 1 unspecified atom stereocenters. The van der Waals surface area contributed by atoms with Crippen molar-refractivity contribution in [1.29, 1.82) is 0 Å². The van der Waals surface area contributed by atoms with Crippen molar-refractivity contribution in [3.8, 4) is 0 Å². The minimum atomic E-state index is 0.304. The van der Waals surface area contributed by atoms with E-state index in [-0.39, 0.29) is 0 Å². The van der Waals surface area contributed by atoms with Crippen LogP contribution in [0.3, 0.4) is 0 Å². The molecule has 0 aliphatic heterocycles. The average Bonchev–Trinajstić information content (AvgIpc) is 2.25. The summed E-state index contributed by atoms with van der Waals surface area (Å²) in [5.41, 5.74) is 6.66. The lowest BCUT2D eigenvalue weighted by atomic mass is 10.2. The van der Waals surface area contributed by atoms with Gasteiger partial charge in [0.2, 0.25) is 0 Å². The van der Waals surface area contributed by atoms with Gasteiger partial charge in [-0.25, -0.2) is 0 Å². The van der Waals surface area contributed by atoms with Gasteiger partial charge in [-0.15, -0.1) is 0 Å². The van der Waals surface area contributed by atoms with E-state index in [9.17, 15) is 0 Å². The van der Waals surface area contributed by atoms with E-state index in [1.165, 1.54) is 5.56 Å². The molecule has 0 aliphatic rings. The molecule has 0 saturated carbocycles. The standard InChI is InChI=1S/C12H19NO/c1-11(6-5-9-13)14-10-12-7-3-2-4-8-12/h2-4,7-8,11H,5-6,9-10,13H2,1H3. The van der Waals surface area contributed by atoms with Crippen molar-refractivity contribution < 1.29 is 4.74 Å². The molecule has 14 heavy (non-hydrogen) atoms. The first-order valence-corrected chi connectivity index (χ1v) is 5.18. The van der Waals surface area contributed by atoms with Crippen LogP contribution in [-0.2, 0) is 11.3 Å². The van der Waals surface area contributed by atoms with Crippen LogP contribution in [0.25, 0.3) is 0 Å². The number of hydrogen-bond acceptors (Lipinski definition) is 2.